The molecule has 0 unspecified atom stereocenters. The number of nitrogens with zero attached hydrogens (tertiary/aromatic N) is 5. The number of halogens is 1. The molecule has 0 spiro atoms. The van der Waals surface area contributed by atoms with Crippen molar-refractivity contribution in [3.05, 3.63) is 59.6 Å². The first-order valence-corrected chi connectivity index (χ1v) is 13.0. The molecule has 0 radical (unpaired) electrons. The number of ether oxygens (including phenoxy) is 1. The number of rotatable bonds is 8. The molecule has 2 amide bonds. The summed E-state index contributed by atoms with van der Waals surface area (Å²) < 4.78 is 7.07. The van der Waals surface area contributed by atoms with Crippen LogP contribution in [0.15, 0.2) is 59.8 Å². The van der Waals surface area contributed by atoms with Crippen LogP contribution in [0.25, 0.3) is 17.1 Å². The fourth-order valence-corrected chi connectivity index (χ4v) is 4.87. The van der Waals surface area contributed by atoms with Crippen LogP contribution in [-0.2, 0) is 9.53 Å². The van der Waals surface area contributed by atoms with Gasteiger partial charge in [0.25, 0.3) is 0 Å². The Kier molecular flexibility index (Phi) is 8.65. The smallest absolute Gasteiger partial charge is 0.409 e. The van der Waals surface area contributed by atoms with Crippen LogP contribution in [0.5, 0.6) is 0 Å². The van der Waals surface area contributed by atoms with Gasteiger partial charge in [-0.3, -0.25) is 9.36 Å². The molecule has 35 heavy (non-hydrogen) atoms. The van der Waals surface area contributed by atoms with Crippen molar-refractivity contribution in [2.45, 2.75) is 24.9 Å². The number of carbonyl (C=O) groups is 2. The van der Waals surface area contributed by atoms with Crippen LogP contribution in [0.1, 0.15) is 19.8 Å². The molecule has 0 bridgehead atoms. The molecule has 8 nitrogen and oxygen atoms in total. The number of amides is 2. The van der Waals surface area contributed by atoms with Gasteiger partial charge in [-0.05, 0) is 49.7 Å². The normalized spacial score (nSPS) is 13.7. The van der Waals surface area contributed by atoms with E-state index in [1.165, 1.54) is 0 Å². The molecule has 3 aromatic rings. The largest absolute Gasteiger partial charge is 0.450 e. The third-order valence-corrected chi connectivity index (χ3v) is 6.94. The minimum absolute atomic E-state index is 0.112. The van der Waals surface area contributed by atoms with Gasteiger partial charge in [0.05, 0.1) is 6.61 Å². The number of aromatic nitrogens is 3. The average Bonchev–Trinajstić information content (AvgIpc) is 3.31. The topological polar surface area (TPSA) is 80.6 Å². The lowest BCUT2D eigenvalue weighted by molar-refractivity contribution is -0.132. The zero-order valence-electron chi connectivity index (χ0n) is 19.6. The highest BCUT2D eigenvalue weighted by Gasteiger charge is 2.24. The molecular formula is C25H28ClN5O3S. The quantitative estimate of drug-likeness (QED) is 0.319. The summed E-state index contributed by atoms with van der Waals surface area (Å²) in [6, 6.07) is 17.5. The van der Waals surface area contributed by atoms with E-state index in [9.17, 15) is 9.59 Å². The van der Waals surface area contributed by atoms with Gasteiger partial charge in [-0.2, -0.15) is 0 Å². The monoisotopic (exact) mass is 513 g/mol. The minimum atomic E-state index is -0.309. The van der Waals surface area contributed by atoms with Crippen LogP contribution in [0.2, 0.25) is 5.02 Å². The van der Waals surface area contributed by atoms with Crippen molar-refractivity contribution in [1.82, 2.24) is 24.6 Å². The van der Waals surface area contributed by atoms with E-state index >= 15 is 0 Å². The molecule has 0 saturated carbocycles. The number of carbonyl (C=O) groups excluding carboxylic acids is 2. The SMILES string of the molecule is CCOC(=O)N1CCN(C(=O)CCCSc2nnc(-c3ccc(Cl)cc3)n2-c2ccccc2)CC1. The maximum Gasteiger partial charge on any atom is 0.409 e. The molecule has 2 aromatic carbocycles. The Labute approximate surface area is 214 Å². The molecule has 10 heteroatoms. The van der Waals surface area contributed by atoms with Crippen LogP contribution in [0.3, 0.4) is 0 Å². The summed E-state index contributed by atoms with van der Waals surface area (Å²) in [6.45, 7) is 4.24. The highest BCUT2D eigenvalue weighted by molar-refractivity contribution is 7.99. The number of benzene rings is 2. The van der Waals surface area contributed by atoms with Crippen LogP contribution in [0.4, 0.5) is 4.79 Å². The number of para-hydroxylation sites is 1. The Morgan fingerprint density at radius 2 is 1.66 bits per heavy atom. The van der Waals surface area contributed by atoms with Crippen LogP contribution in [0, 0.1) is 0 Å². The molecule has 0 N–H and O–H groups in total. The molecule has 1 aliphatic rings. The second kappa shape index (κ2) is 12.1. The van der Waals surface area contributed by atoms with Crippen molar-refractivity contribution in [3.8, 4) is 17.1 Å². The van der Waals surface area contributed by atoms with E-state index in [1.807, 2.05) is 64.1 Å². The molecule has 4 rings (SSSR count). The first-order valence-electron chi connectivity index (χ1n) is 11.7. The van der Waals surface area contributed by atoms with E-state index in [0.29, 0.717) is 44.2 Å². The van der Waals surface area contributed by atoms with E-state index in [4.69, 9.17) is 16.3 Å². The molecule has 0 atom stereocenters. The van der Waals surface area contributed by atoms with E-state index in [2.05, 4.69) is 10.2 Å². The minimum Gasteiger partial charge on any atom is -0.450 e. The molecule has 1 aliphatic heterocycles. The van der Waals surface area contributed by atoms with Gasteiger partial charge >= 0.3 is 6.09 Å². The third kappa shape index (κ3) is 6.35. The van der Waals surface area contributed by atoms with Gasteiger partial charge < -0.3 is 14.5 Å². The van der Waals surface area contributed by atoms with Gasteiger partial charge in [-0.25, -0.2) is 4.79 Å². The summed E-state index contributed by atoms with van der Waals surface area (Å²) in [7, 11) is 0. The zero-order chi connectivity index (χ0) is 24.6. The maximum atomic E-state index is 12.7. The number of piperazine rings is 1. The Hall–Kier alpha value is -3.04. The fourth-order valence-electron chi connectivity index (χ4n) is 3.86. The van der Waals surface area contributed by atoms with Gasteiger partial charge in [0.2, 0.25) is 5.91 Å². The lowest BCUT2D eigenvalue weighted by Gasteiger charge is -2.34. The Morgan fingerprint density at radius 1 is 0.971 bits per heavy atom. The molecule has 1 saturated heterocycles. The summed E-state index contributed by atoms with van der Waals surface area (Å²) in [6.07, 6.45) is 0.867. The van der Waals surface area contributed by atoms with Crippen molar-refractivity contribution in [1.29, 1.82) is 0 Å². The Bertz CT molecular complexity index is 1130. The van der Waals surface area contributed by atoms with Gasteiger partial charge in [-0.1, -0.05) is 41.6 Å². The van der Waals surface area contributed by atoms with Crippen molar-refractivity contribution >= 4 is 35.4 Å². The second-order valence-electron chi connectivity index (χ2n) is 8.00. The molecule has 0 aliphatic carbocycles. The Morgan fingerprint density at radius 3 is 2.34 bits per heavy atom. The summed E-state index contributed by atoms with van der Waals surface area (Å²) in [5.74, 6) is 1.59. The summed E-state index contributed by atoms with van der Waals surface area (Å²) in [5, 5.41) is 10.3. The maximum absolute atomic E-state index is 12.7. The molecule has 1 fully saturated rings. The van der Waals surface area contributed by atoms with Gasteiger partial charge in [0.15, 0.2) is 11.0 Å². The molecule has 2 heterocycles. The van der Waals surface area contributed by atoms with Crippen molar-refractivity contribution in [2.24, 2.45) is 0 Å². The number of thioether (sulfide) groups is 1. The zero-order valence-corrected chi connectivity index (χ0v) is 21.2. The Balaban J connectivity index is 1.34. The molecule has 184 valence electrons. The molecular weight excluding hydrogens is 486 g/mol. The predicted octanol–water partition coefficient (Wildman–Crippen LogP) is 4.76. The van der Waals surface area contributed by atoms with E-state index in [-0.39, 0.29) is 12.0 Å². The average molecular weight is 514 g/mol. The predicted molar refractivity (Wildman–Crippen MR) is 137 cm³/mol. The van der Waals surface area contributed by atoms with E-state index < -0.39 is 0 Å². The van der Waals surface area contributed by atoms with Crippen molar-refractivity contribution < 1.29 is 14.3 Å². The lowest BCUT2D eigenvalue weighted by atomic mass is 10.2. The fraction of sp³-hybridized carbons (Fsp3) is 0.360. The summed E-state index contributed by atoms with van der Waals surface area (Å²) in [5.41, 5.74) is 1.90. The summed E-state index contributed by atoms with van der Waals surface area (Å²) >= 11 is 7.64. The van der Waals surface area contributed by atoms with Crippen molar-refractivity contribution in [2.75, 3.05) is 38.5 Å². The van der Waals surface area contributed by atoms with Crippen LogP contribution >= 0.6 is 23.4 Å². The van der Waals surface area contributed by atoms with Gasteiger partial charge in [0.1, 0.15) is 0 Å². The van der Waals surface area contributed by atoms with E-state index in [0.717, 1.165) is 34.4 Å². The standard InChI is InChI=1S/C25H28ClN5O3S/c1-2-34-25(33)30-16-14-29(15-17-30)22(32)9-6-18-35-24-28-27-23(19-10-12-20(26)13-11-19)31(24)21-7-4-3-5-8-21/h3-5,7-8,10-13H,2,6,9,14-18H2,1H3. The highest BCUT2D eigenvalue weighted by Crippen LogP contribution is 2.29. The number of hydrogen-bond acceptors (Lipinski definition) is 6. The second-order valence-corrected chi connectivity index (χ2v) is 9.50. The van der Waals surface area contributed by atoms with Crippen molar-refractivity contribution in [3.63, 3.8) is 0 Å². The first kappa shape index (κ1) is 25.1. The van der Waals surface area contributed by atoms with Crippen LogP contribution in [-0.4, -0.2) is 75.1 Å². The lowest BCUT2D eigenvalue weighted by Crippen LogP contribution is -2.50. The first-order chi connectivity index (χ1) is 17.1. The summed E-state index contributed by atoms with van der Waals surface area (Å²) in [4.78, 5) is 28.0. The third-order valence-electron chi connectivity index (χ3n) is 5.67. The van der Waals surface area contributed by atoms with Crippen LogP contribution < -0.4 is 0 Å². The molecule has 1 aromatic heterocycles. The van der Waals surface area contributed by atoms with Gasteiger partial charge in [-0.15, -0.1) is 10.2 Å². The van der Waals surface area contributed by atoms with Gasteiger partial charge in [0, 0.05) is 54.6 Å². The van der Waals surface area contributed by atoms with E-state index in [1.54, 1.807) is 23.6 Å². The highest BCUT2D eigenvalue weighted by atomic mass is 35.5. The number of hydrogen-bond donors (Lipinski definition) is 0.